The highest BCUT2D eigenvalue weighted by Gasteiger charge is 2.36. The van der Waals surface area contributed by atoms with Gasteiger partial charge in [0.1, 0.15) is 12.2 Å². The van der Waals surface area contributed by atoms with Gasteiger partial charge in [-0.1, -0.05) is 55.5 Å². The number of carbonyl (C=O) groups is 1. The fourth-order valence-corrected chi connectivity index (χ4v) is 3.79. The van der Waals surface area contributed by atoms with Gasteiger partial charge in [0.15, 0.2) is 0 Å². The van der Waals surface area contributed by atoms with Crippen LogP contribution in [0.25, 0.3) is 0 Å². The third-order valence-electron chi connectivity index (χ3n) is 5.62. The molecule has 0 N–H and O–H groups in total. The summed E-state index contributed by atoms with van der Waals surface area (Å²) in [5.41, 5.74) is 3.61. The second-order valence-electron chi connectivity index (χ2n) is 7.82. The third-order valence-corrected chi connectivity index (χ3v) is 5.62. The Morgan fingerprint density at radius 3 is 2.74 bits per heavy atom. The Kier molecular flexibility index (Phi) is 6.73. The molecule has 0 amide bonds. The topological polar surface area (TPSA) is 44.8 Å². The van der Waals surface area contributed by atoms with Gasteiger partial charge in [0.05, 0.1) is 13.2 Å². The van der Waals surface area contributed by atoms with Gasteiger partial charge < -0.3 is 14.2 Å². The van der Waals surface area contributed by atoms with Gasteiger partial charge in [-0.15, -0.1) is 0 Å². The lowest BCUT2D eigenvalue weighted by Crippen LogP contribution is -2.40. The van der Waals surface area contributed by atoms with E-state index in [4.69, 9.17) is 14.2 Å². The van der Waals surface area contributed by atoms with E-state index in [9.17, 15) is 4.79 Å². The van der Waals surface area contributed by atoms with Crippen LogP contribution in [-0.2, 0) is 20.8 Å². The second-order valence-corrected chi connectivity index (χ2v) is 7.82. The minimum atomic E-state index is -0.561. The molecule has 0 saturated carbocycles. The van der Waals surface area contributed by atoms with Gasteiger partial charge in [-0.25, -0.2) is 4.79 Å². The first-order chi connectivity index (χ1) is 13.0. The van der Waals surface area contributed by atoms with Crippen molar-refractivity contribution in [1.82, 2.24) is 0 Å². The van der Waals surface area contributed by atoms with Crippen LogP contribution in [0.2, 0.25) is 0 Å². The number of ether oxygens (including phenoxy) is 3. The van der Waals surface area contributed by atoms with Gasteiger partial charge in [-0.2, -0.15) is 0 Å². The number of benzene rings is 1. The highest BCUT2D eigenvalue weighted by Crippen LogP contribution is 2.34. The Bertz CT molecular complexity index is 679. The van der Waals surface area contributed by atoms with Crippen LogP contribution in [0.15, 0.2) is 54.1 Å². The Morgan fingerprint density at radius 1 is 1.30 bits per heavy atom. The molecule has 1 heterocycles. The first-order valence-corrected chi connectivity index (χ1v) is 9.86. The van der Waals surface area contributed by atoms with E-state index >= 15 is 0 Å². The molecule has 1 saturated heterocycles. The molecule has 0 bridgehead atoms. The molecule has 0 spiro atoms. The summed E-state index contributed by atoms with van der Waals surface area (Å²) in [6, 6.07) is 10.1. The van der Waals surface area contributed by atoms with Crippen LogP contribution in [0.5, 0.6) is 0 Å². The molecule has 27 heavy (non-hydrogen) atoms. The molecule has 1 aromatic carbocycles. The molecule has 146 valence electrons. The second kappa shape index (κ2) is 9.23. The minimum Gasteiger partial charge on any atom is -0.430 e. The van der Waals surface area contributed by atoms with Gasteiger partial charge in [0, 0.05) is 12.3 Å². The van der Waals surface area contributed by atoms with Crippen LogP contribution in [0.4, 0.5) is 4.79 Å². The summed E-state index contributed by atoms with van der Waals surface area (Å²) in [4.78, 5) is 12.0. The van der Waals surface area contributed by atoms with Gasteiger partial charge in [0.2, 0.25) is 0 Å². The van der Waals surface area contributed by atoms with E-state index in [1.807, 2.05) is 30.3 Å². The maximum absolute atomic E-state index is 12.0. The number of cyclic esters (lactones) is 2. The molecular weight excluding hydrogens is 340 g/mol. The normalized spacial score (nSPS) is 26.5. The molecule has 2 unspecified atom stereocenters. The molecule has 0 radical (unpaired) electrons. The fourth-order valence-electron chi connectivity index (χ4n) is 3.79. The summed E-state index contributed by atoms with van der Waals surface area (Å²) >= 11 is 0. The number of rotatable bonds is 7. The van der Waals surface area contributed by atoms with Crippen LogP contribution in [0.3, 0.4) is 0 Å². The number of hydrogen-bond donors (Lipinski definition) is 0. The van der Waals surface area contributed by atoms with Crippen LogP contribution >= 0.6 is 0 Å². The molecule has 1 aromatic rings. The zero-order valence-corrected chi connectivity index (χ0v) is 16.4. The first kappa shape index (κ1) is 19.7. The predicted octanol–water partition coefficient (Wildman–Crippen LogP) is 5.44. The highest BCUT2D eigenvalue weighted by molar-refractivity contribution is 5.61. The van der Waals surface area contributed by atoms with Crippen molar-refractivity contribution >= 4 is 6.16 Å². The van der Waals surface area contributed by atoms with Gasteiger partial charge in [-0.3, -0.25) is 0 Å². The number of hydrogen-bond acceptors (Lipinski definition) is 4. The number of allylic oxidation sites excluding steroid dienone is 2. The highest BCUT2D eigenvalue weighted by atomic mass is 16.7. The summed E-state index contributed by atoms with van der Waals surface area (Å²) < 4.78 is 16.8. The van der Waals surface area contributed by atoms with Crippen molar-refractivity contribution in [3.05, 3.63) is 59.7 Å². The zero-order valence-electron chi connectivity index (χ0n) is 16.4. The lowest BCUT2D eigenvalue weighted by molar-refractivity contribution is -0.0789. The van der Waals surface area contributed by atoms with E-state index in [2.05, 4.69) is 26.5 Å². The Balaban J connectivity index is 1.52. The summed E-state index contributed by atoms with van der Waals surface area (Å²) in [6.45, 7) is 9.34. The monoisotopic (exact) mass is 370 g/mol. The summed E-state index contributed by atoms with van der Waals surface area (Å²) in [5, 5.41) is 0. The molecule has 0 aromatic heterocycles. The summed E-state index contributed by atoms with van der Waals surface area (Å²) in [5.74, 6) is 0.668. The molecule has 3 rings (SSSR count). The fraction of sp³-hybridized carbons (Fsp3) is 0.522. The third kappa shape index (κ3) is 5.46. The quantitative estimate of drug-likeness (QED) is 0.474. The van der Waals surface area contributed by atoms with Crippen LogP contribution < -0.4 is 0 Å². The van der Waals surface area contributed by atoms with E-state index in [1.54, 1.807) is 0 Å². The molecule has 1 aliphatic heterocycles. The maximum Gasteiger partial charge on any atom is 0.509 e. The Hall–Kier alpha value is -2.07. The molecule has 4 heteroatoms. The Morgan fingerprint density at radius 2 is 2.07 bits per heavy atom. The SMILES string of the molecule is C=C(C)[C@@H]1CC=C(C2CC([C@H](C)COCc3ccccc3)OC(=O)O2)CC1. The smallest absolute Gasteiger partial charge is 0.430 e. The van der Waals surface area contributed by atoms with E-state index < -0.39 is 6.16 Å². The lowest BCUT2D eigenvalue weighted by Gasteiger charge is -2.35. The van der Waals surface area contributed by atoms with E-state index in [0.717, 1.165) is 24.8 Å². The first-order valence-electron chi connectivity index (χ1n) is 9.86. The average molecular weight is 370 g/mol. The van der Waals surface area contributed by atoms with Crippen LogP contribution in [0, 0.1) is 11.8 Å². The van der Waals surface area contributed by atoms with Crippen LogP contribution in [0.1, 0.15) is 45.1 Å². The standard InChI is InChI=1S/C23H30O4/c1-16(2)19-9-11-20(12-10-19)22-13-21(26-23(24)27-22)17(3)14-25-15-18-7-5-4-6-8-18/h4-8,11,17,19,21-22H,1,9-10,12-15H2,2-3H3/t17-,19-,21?,22?/m1/s1. The molecule has 2 aliphatic rings. The molecule has 1 fully saturated rings. The maximum atomic E-state index is 12.0. The molecule has 1 aliphatic carbocycles. The van der Waals surface area contributed by atoms with Crippen molar-refractivity contribution in [2.45, 2.75) is 58.3 Å². The molecule has 4 atom stereocenters. The van der Waals surface area contributed by atoms with Crippen molar-refractivity contribution in [1.29, 1.82) is 0 Å². The zero-order chi connectivity index (χ0) is 19.2. The average Bonchev–Trinajstić information content (AvgIpc) is 2.68. The predicted molar refractivity (Wildman–Crippen MR) is 105 cm³/mol. The van der Waals surface area contributed by atoms with Crippen molar-refractivity contribution in [3.8, 4) is 0 Å². The molecule has 4 nitrogen and oxygen atoms in total. The van der Waals surface area contributed by atoms with E-state index in [1.165, 1.54) is 11.1 Å². The Labute approximate surface area is 162 Å². The minimum absolute atomic E-state index is 0.122. The van der Waals surface area contributed by atoms with Crippen molar-refractivity contribution in [3.63, 3.8) is 0 Å². The van der Waals surface area contributed by atoms with Gasteiger partial charge in [-0.05, 0) is 43.2 Å². The van der Waals surface area contributed by atoms with Crippen molar-refractivity contribution < 1.29 is 19.0 Å². The van der Waals surface area contributed by atoms with Crippen molar-refractivity contribution in [2.75, 3.05) is 6.61 Å². The lowest BCUT2D eigenvalue weighted by atomic mass is 9.82. The van der Waals surface area contributed by atoms with Crippen molar-refractivity contribution in [2.24, 2.45) is 11.8 Å². The largest absolute Gasteiger partial charge is 0.509 e. The van der Waals surface area contributed by atoms with Crippen LogP contribution in [-0.4, -0.2) is 25.0 Å². The van der Waals surface area contributed by atoms with Gasteiger partial charge >= 0.3 is 6.16 Å². The summed E-state index contributed by atoms with van der Waals surface area (Å²) in [7, 11) is 0. The molecular formula is C23H30O4. The number of carbonyl (C=O) groups excluding carboxylic acids is 1. The van der Waals surface area contributed by atoms with E-state index in [0.29, 0.717) is 25.6 Å². The van der Waals surface area contributed by atoms with Gasteiger partial charge in [0.25, 0.3) is 0 Å². The van der Waals surface area contributed by atoms with E-state index in [-0.39, 0.29) is 18.1 Å². The summed E-state index contributed by atoms with van der Waals surface area (Å²) in [6.07, 6.45) is 5.06.